The summed E-state index contributed by atoms with van der Waals surface area (Å²) >= 11 is 3.57. The van der Waals surface area contributed by atoms with Gasteiger partial charge in [0.1, 0.15) is 0 Å². The molecule has 0 saturated carbocycles. The summed E-state index contributed by atoms with van der Waals surface area (Å²) in [6, 6.07) is 8.26. The molecule has 0 saturated heterocycles. The van der Waals surface area contributed by atoms with Crippen molar-refractivity contribution in [2.75, 3.05) is 11.9 Å². The van der Waals surface area contributed by atoms with Crippen LogP contribution in [0.1, 0.15) is 24.1 Å². The van der Waals surface area contributed by atoms with Gasteiger partial charge in [-0.2, -0.15) is 0 Å². The van der Waals surface area contributed by atoms with E-state index in [0.29, 0.717) is 0 Å². The fraction of sp³-hybridized carbons (Fsp3) is 0.286. The molecule has 2 aromatic rings. The standard InChI is InChI=1S/C14H17BrN2O/c1-10(16)13-4-3-12(7-14(13)15)17(2)8-11-5-6-18-9-11/h3-7,9-10H,8,16H2,1-2H3/t10-/m0/s1. The van der Waals surface area contributed by atoms with Crippen molar-refractivity contribution >= 4 is 21.6 Å². The summed E-state index contributed by atoms with van der Waals surface area (Å²) in [5.41, 5.74) is 9.32. The molecule has 0 fully saturated rings. The van der Waals surface area contributed by atoms with Crippen LogP contribution >= 0.6 is 15.9 Å². The Labute approximate surface area is 116 Å². The van der Waals surface area contributed by atoms with Gasteiger partial charge in [-0.25, -0.2) is 0 Å². The lowest BCUT2D eigenvalue weighted by atomic mass is 10.1. The maximum absolute atomic E-state index is 5.89. The Hall–Kier alpha value is -1.26. The first-order valence-corrected chi connectivity index (χ1v) is 6.64. The Bertz CT molecular complexity index is 509. The number of hydrogen-bond acceptors (Lipinski definition) is 3. The molecule has 4 heteroatoms. The van der Waals surface area contributed by atoms with Crippen molar-refractivity contribution in [3.8, 4) is 0 Å². The van der Waals surface area contributed by atoms with Crippen LogP contribution in [0.15, 0.2) is 45.7 Å². The molecule has 2 rings (SSSR count). The highest BCUT2D eigenvalue weighted by atomic mass is 79.9. The number of nitrogens with two attached hydrogens (primary N) is 1. The number of rotatable bonds is 4. The molecule has 0 radical (unpaired) electrons. The van der Waals surface area contributed by atoms with E-state index in [0.717, 1.165) is 27.8 Å². The molecule has 3 nitrogen and oxygen atoms in total. The molecule has 1 aromatic carbocycles. The first kappa shape index (κ1) is 13.2. The zero-order valence-corrected chi connectivity index (χ0v) is 12.1. The third kappa shape index (κ3) is 2.94. The molecule has 0 unspecified atom stereocenters. The van der Waals surface area contributed by atoms with Crippen LogP contribution in [-0.2, 0) is 6.54 Å². The topological polar surface area (TPSA) is 42.4 Å². The average Bonchev–Trinajstić information content (AvgIpc) is 2.81. The van der Waals surface area contributed by atoms with Gasteiger partial charge in [-0.1, -0.05) is 22.0 Å². The van der Waals surface area contributed by atoms with Crippen LogP contribution in [0, 0.1) is 0 Å². The fourth-order valence-corrected chi connectivity index (χ4v) is 2.60. The van der Waals surface area contributed by atoms with Crippen LogP contribution in [0.3, 0.4) is 0 Å². The van der Waals surface area contributed by atoms with Crippen LogP contribution < -0.4 is 10.6 Å². The summed E-state index contributed by atoms with van der Waals surface area (Å²) in [5.74, 6) is 0. The normalized spacial score (nSPS) is 12.4. The van der Waals surface area contributed by atoms with Gasteiger partial charge in [0, 0.05) is 35.4 Å². The summed E-state index contributed by atoms with van der Waals surface area (Å²) in [7, 11) is 2.06. The predicted molar refractivity (Wildman–Crippen MR) is 77.6 cm³/mol. The van der Waals surface area contributed by atoms with Gasteiger partial charge in [0.2, 0.25) is 0 Å². The third-order valence-corrected chi connectivity index (χ3v) is 3.60. The molecule has 0 aliphatic rings. The Balaban J connectivity index is 2.16. The van der Waals surface area contributed by atoms with Crippen LogP contribution in [0.4, 0.5) is 5.69 Å². The van der Waals surface area contributed by atoms with Crippen LogP contribution in [0.2, 0.25) is 0 Å². The van der Waals surface area contributed by atoms with Crippen LogP contribution in [-0.4, -0.2) is 7.05 Å². The quantitative estimate of drug-likeness (QED) is 0.936. The second-order valence-corrected chi connectivity index (χ2v) is 5.34. The number of halogens is 1. The SMILES string of the molecule is C[C@H](N)c1ccc(N(C)Cc2ccoc2)cc1Br. The highest BCUT2D eigenvalue weighted by Gasteiger charge is 2.08. The maximum Gasteiger partial charge on any atom is 0.0952 e. The van der Waals surface area contributed by atoms with E-state index in [4.69, 9.17) is 10.2 Å². The Morgan fingerprint density at radius 3 is 2.72 bits per heavy atom. The van der Waals surface area contributed by atoms with E-state index in [1.165, 1.54) is 0 Å². The molecule has 1 heterocycles. The lowest BCUT2D eigenvalue weighted by Crippen LogP contribution is -2.16. The van der Waals surface area contributed by atoms with Crippen LogP contribution in [0.5, 0.6) is 0 Å². The van der Waals surface area contributed by atoms with E-state index in [-0.39, 0.29) is 6.04 Å². The van der Waals surface area contributed by atoms with Crippen molar-refractivity contribution in [1.29, 1.82) is 0 Å². The lowest BCUT2D eigenvalue weighted by Gasteiger charge is -2.20. The zero-order valence-electron chi connectivity index (χ0n) is 10.6. The van der Waals surface area contributed by atoms with E-state index in [1.807, 2.05) is 13.0 Å². The van der Waals surface area contributed by atoms with Crippen molar-refractivity contribution in [3.05, 3.63) is 52.4 Å². The van der Waals surface area contributed by atoms with E-state index in [2.05, 4.69) is 46.1 Å². The smallest absolute Gasteiger partial charge is 0.0952 e. The van der Waals surface area contributed by atoms with Gasteiger partial charge < -0.3 is 15.1 Å². The molecule has 1 atom stereocenters. The number of benzene rings is 1. The summed E-state index contributed by atoms with van der Waals surface area (Å²) in [6.07, 6.45) is 3.46. The molecule has 0 spiro atoms. The molecular weight excluding hydrogens is 292 g/mol. The molecular formula is C14H17BrN2O. The van der Waals surface area contributed by atoms with Crippen LogP contribution in [0.25, 0.3) is 0 Å². The highest BCUT2D eigenvalue weighted by molar-refractivity contribution is 9.10. The summed E-state index contributed by atoms with van der Waals surface area (Å²) in [5, 5.41) is 0. The Kier molecular flexibility index (Phi) is 4.09. The van der Waals surface area contributed by atoms with Crippen molar-refractivity contribution in [2.24, 2.45) is 5.73 Å². The largest absolute Gasteiger partial charge is 0.472 e. The number of nitrogens with zero attached hydrogens (tertiary/aromatic N) is 1. The number of hydrogen-bond donors (Lipinski definition) is 1. The summed E-state index contributed by atoms with van der Waals surface area (Å²) in [6.45, 7) is 2.80. The Morgan fingerprint density at radius 1 is 1.39 bits per heavy atom. The van der Waals surface area contributed by atoms with Gasteiger partial charge in [-0.3, -0.25) is 0 Å². The molecule has 0 bridgehead atoms. The van der Waals surface area contributed by atoms with Gasteiger partial charge in [0.15, 0.2) is 0 Å². The molecule has 96 valence electrons. The molecule has 18 heavy (non-hydrogen) atoms. The second kappa shape index (κ2) is 5.59. The van der Waals surface area contributed by atoms with Gasteiger partial charge in [-0.15, -0.1) is 0 Å². The monoisotopic (exact) mass is 308 g/mol. The fourth-order valence-electron chi connectivity index (χ4n) is 1.87. The van der Waals surface area contributed by atoms with Crippen molar-refractivity contribution in [2.45, 2.75) is 19.5 Å². The van der Waals surface area contributed by atoms with Gasteiger partial charge >= 0.3 is 0 Å². The predicted octanol–water partition coefficient (Wildman–Crippen LogP) is 3.70. The lowest BCUT2D eigenvalue weighted by molar-refractivity contribution is 0.563. The van der Waals surface area contributed by atoms with Gasteiger partial charge in [0.25, 0.3) is 0 Å². The van der Waals surface area contributed by atoms with Gasteiger partial charge in [-0.05, 0) is 30.7 Å². The average molecular weight is 309 g/mol. The molecule has 2 N–H and O–H groups in total. The number of anilines is 1. The van der Waals surface area contributed by atoms with E-state index in [1.54, 1.807) is 12.5 Å². The van der Waals surface area contributed by atoms with Crippen molar-refractivity contribution in [1.82, 2.24) is 0 Å². The van der Waals surface area contributed by atoms with E-state index in [9.17, 15) is 0 Å². The maximum atomic E-state index is 5.89. The Morgan fingerprint density at radius 2 is 2.17 bits per heavy atom. The minimum Gasteiger partial charge on any atom is -0.472 e. The zero-order chi connectivity index (χ0) is 13.1. The first-order chi connectivity index (χ1) is 8.58. The van der Waals surface area contributed by atoms with E-state index < -0.39 is 0 Å². The van der Waals surface area contributed by atoms with Crippen molar-refractivity contribution < 1.29 is 4.42 Å². The highest BCUT2D eigenvalue weighted by Crippen LogP contribution is 2.27. The summed E-state index contributed by atoms with van der Waals surface area (Å²) < 4.78 is 6.12. The molecule has 0 aliphatic heterocycles. The minimum atomic E-state index is 0.0348. The second-order valence-electron chi connectivity index (χ2n) is 4.48. The number of furan rings is 1. The molecule has 0 amide bonds. The van der Waals surface area contributed by atoms with Crippen molar-refractivity contribution in [3.63, 3.8) is 0 Å². The minimum absolute atomic E-state index is 0.0348. The van der Waals surface area contributed by atoms with E-state index >= 15 is 0 Å². The third-order valence-electron chi connectivity index (χ3n) is 2.92. The molecule has 0 aliphatic carbocycles. The summed E-state index contributed by atoms with van der Waals surface area (Å²) in [4.78, 5) is 2.17. The first-order valence-electron chi connectivity index (χ1n) is 5.85. The van der Waals surface area contributed by atoms with Gasteiger partial charge in [0.05, 0.1) is 12.5 Å². The molecule has 1 aromatic heterocycles.